The molecular weight excluding hydrogens is 292 g/mol. The van der Waals surface area contributed by atoms with Crippen LogP contribution in [0.15, 0.2) is 24.3 Å². The predicted molar refractivity (Wildman–Crippen MR) is 81.7 cm³/mol. The Morgan fingerprint density at radius 2 is 2.19 bits per heavy atom. The Balaban J connectivity index is 2.03. The Bertz CT molecular complexity index is 531. The number of aliphatic carboxylic acids is 1. The molecular formula is C15H19ClN2O3. The number of nitrogens with zero attached hydrogens (tertiary/aromatic N) is 1. The molecule has 0 aliphatic heterocycles. The van der Waals surface area contributed by atoms with Crippen molar-refractivity contribution in [1.29, 1.82) is 0 Å². The van der Waals surface area contributed by atoms with E-state index in [4.69, 9.17) is 16.7 Å². The van der Waals surface area contributed by atoms with Gasteiger partial charge in [-0.15, -0.1) is 0 Å². The lowest BCUT2D eigenvalue weighted by Gasteiger charge is -2.22. The van der Waals surface area contributed by atoms with E-state index in [0.717, 1.165) is 0 Å². The van der Waals surface area contributed by atoms with E-state index in [1.165, 1.54) is 17.7 Å². The Morgan fingerprint density at radius 3 is 2.76 bits per heavy atom. The quantitative estimate of drug-likeness (QED) is 0.848. The highest BCUT2D eigenvalue weighted by Gasteiger charge is 2.28. The highest BCUT2D eigenvalue weighted by molar-refractivity contribution is 6.30. The first-order chi connectivity index (χ1) is 9.97. The van der Waals surface area contributed by atoms with E-state index >= 15 is 0 Å². The van der Waals surface area contributed by atoms with Crippen molar-refractivity contribution in [1.82, 2.24) is 5.32 Å². The van der Waals surface area contributed by atoms with Gasteiger partial charge in [-0.3, -0.25) is 9.69 Å². The number of benzene rings is 1. The van der Waals surface area contributed by atoms with Gasteiger partial charge in [-0.2, -0.15) is 0 Å². The summed E-state index contributed by atoms with van der Waals surface area (Å²) >= 11 is 5.90. The third kappa shape index (κ3) is 4.63. The molecule has 21 heavy (non-hydrogen) atoms. The number of anilines is 1. The lowest BCUT2D eigenvalue weighted by molar-refractivity contribution is -0.135. The minimum atomic E-state index is -1.07. The molecule has 1 aliphatic carbocycles. The third-order valence-corrected chi connectivity index (χ3v) is 3.90. The zero-order valence-electron chi connectivity index (χ0n) is 11.9. The van der Waals surface area contributed by atoms with E-state index in [-0.39, 0.29) is 0 Å². The molecule has 1 saturated carbocycles. The van der Waals surface area contributed by atoms with Crippen LogP contribution in [0.3, 0.4) is 0 Å². The standard InChI is InChI=1S/C15H19ClN2O3/c1-10(11-5-6-11)8-17-15(21)18(9-14(19)20)13-4-2-3-12(16)7-13/h2-4,7,10-11H,5-6,8-9H2,1H3,(H,17,21)(H,19,20). The van der Waals surface area contributed by atoms with Gasteiger partial charge in [0, 0.05) is 17.3 Å². The van der Waals surface area contributed by atoms with Gasteiger partial charge in [0.1, 0.15) is 6.54 Å². The molecule has 0 spiro atoms. The van der Waals surface area contributed by atoms with E-state index in [1.54, 1.807) is 24.3 Å². The van der Waals surface area contributed by atoms with E-state index in [9.17, 15) is 9.59 Å². The van der Waals surface area contributed by atoms with Crippen molar-refractivity contribution in [3.05, 3.63) is 29.3 Å². The van der Waals surface area contributed by atoms with Gasteiger partial charge in [0.2, 0.25) is 0 Å². The first-order valence-electron chi connectivity index (χ1n) is 7.00. The van der Waals surface area contributed by atoms with Crippen LogP contribution < -0.4 is 10.2 Å². The first kappa shape index (κ1) is 15.6. The lowest BCUT2D eigenvalue weighted by atomic mass is 10.1. The summed E-state index contributed by atoms with van der Waals surface area (Å²) in [6, 6.07) is 6.20. The van der Waals surface area contributed by atoms with Crippen molar-refractivity contribution in [3.8, 4) is 0 Å². The largest absolute Gasteiger partial charge is 0.480 e. The highest BCUT2D eigenvalue weighted by atomic mass is 35.5. The van der Waals surface area contributed by atoms with E-state index in [0.29, 0.717) is 29.1 Å². The number of carbonyl (C=O) groups excluding carboxylic acids is 1. The number of rotatable bonds is 6. The fraction of sp³-hybridized carbons (Fsp3) is 0.467. The molecule has 0 heterocycles. The van der Waals surface area contributed by atoms with Crippen molar-refractivity contribution in [2.24, 2.45) is 11.8 Å². The number of nitrogens with one attached hydrogen (secondary N) is 1. The predicted octanol–water partition coefficient (Wildman–Crippen LogP) is 2.99. The fourth-order valence-electron chi connectivity index (χ4n) is 2.24. The summed E-state index contributed by atoms with van der Waals surface area (Å²) in [4.78, 5) is 24.4. The highest BCUT2D eigenvalue weighted by Crippen LogP contribution is 2.36. The van der Waals surface area contributed by atoms with Gasteiger partial charge in [0.15, 0.2) is 0 Å². The molecule has 0 aromatic heterocycles. The number of carbonyl (C=O) groups is 2. The van der Waals surface area contributed by atoms with Gasteiger partial charge in [0.05, 0.1) is 0 Å². The van der Waals surface area contributed by atoms with Gasteiger partial charge in [-0.25, -0.2) is 4.79 Å². The van der Waals surface area contributed by atoms with Crippen LogP contribution in [0.2, 0.25) is 5.02 Å². The third-order valence-electron chi connectivity index (χ3n) is 3.66. The van der Waals surface area contributed by atoms with Crippen LogP contribution in [0.5, 0.6) is 0 Å². The van der Waals surface area contributed by atoms with Crippen molar-refractivity contribution >= 4 is 29.3 Å². The van der Waals surface area contributed by atoms with Crippen LogP contribution >= 0.6 is 11.6 Å². The Kier molecular flexibility index (Phi) is 5.07. The number of halogens is 1. The number of hydrogen-bond donors (Lipinski definition) is 2. The molecule has 2 N–H and O–H groups in total. The molecule has 2 amide bonds. The number of carboxylic acids is 1. The van der Waals surface area contributed by atoms with E-state index < -0.39 is 18.5 Å². The van der Waals surface area contributed by atoms with Gasteiger partial charge in [-0.05, 0) is 42.9 Å². The smallest absolute Gasteiger partial charge is 0.323 e. The second-order valence-electron chi connectivity index (χ2n) is 5.46. The lowest BCUT2D eigenvalue weighted by Crippen LogP contribution is -2.44. The average molecular weight is 311 g/mol. The first-order valence-corrected chi connectivity index (χ1v) is 7.38. The Labute approximate surface area is 128 Å². The fourth-order valence-corrected chi connectivity index (χ4v) is 2.42. The van der Waals surface area contributed by atoms with Crippen LogP contribution in [-0.4, -0.2) is 30.2 Å². The zero-order valence-corrected chi connectivity index (χ0v) is 12.6. The molecule has 1 aliphatic rings. The second-order valence-corrected chi connectivity index (χ2v) is 5.90. The number of amides is 2. The second kappa shape index (κ2) is 6.80. The maximum atomic E-state index is 12.2. The number of hydrogen-bond acceptors (Lipinski definition) is 2. The molecule has 0 radical (unpaired) electrons. The minimum absolute atomic E-state index is 0.399. The van der Waals surface area contributed by atoms with Gasteiger partial charge < -0.3 is 10.4 Å². The normalized spacial score (nSPS) is 15.3. The Morgan fingerprint density at radius 1 is 1.48 bits per heavy atom. The van der Waals surface area contributed by atoms with E-state index in [2.05, 4.69) is 12.2 Å². The molecule has 1 atom stereocenters. The summed E-state index contributed by atoms with van der Waals surface area (Å²) in [6.07, 6.45) is 2.42. The van der Waals surface area contributed by atoms with Crippen LogP contribution in [0, 0.1) is 11.8 Å². The maximum absolute atomic E-state index is 12.2. The molecule has 2 rings (SSSR count). The topological polar surface area (TPSA) is 69.6 Å². The summed E-state index contributed by atoms with van der Waals surface area (Å²) in [5, 5.41) is 12.3. The van der Waals surface area contributed by atoms with Crippen molar-refractivity contribution in [3.63, 3.8) is 0 Å². The van der Waals surface area contributed by atoms with Crippen molar-refractivity contribution in [2.45, 2.75) is 19.8 Å². The molecule has 1 aromatic rings. The van der Waals surface area contributed by atoms with Crippen molar-refractivity contribution in [2.75, 3.05) is 18.0 Å². The average Bonchev–Trinajstić information content (AvgIpc) is 3.26. The molecule has 1 unspecified atom stereocenters. The van der Waals surface area contributed by atoms with Crippen LogP contribution in [0.25, 0.3) is 0 Å². The SMILES string of the molecule is CC(CNC(=O)N(CC(=O)O)c1cccc(Cl)c1)C1CC1. The van der Waals surface area contributed by atoms with Gasteiger partial charge in [-0.1, -0.05) is 24.6 Å². The van der Waals surface area contributed by atoms with Gasteiger partial charge in [0.25, 0.3) is 0 Å². The molecule has 114 valence electrons. The molecule has 6 heteroatoms. The number of urea groups is 1. The van der Waals surface area contributed by atoms with Crippen LogP contribution in [0.1, 0.15) is 19.8 Å². The monoisotopic (exact) mass is 310 g/mol. The molecule has 1 aromatic carbocycles. The van der Waals surface area contributed by atoms with Gasteiger partial charge >= 0.3 is 12.0 Å². The van der Waals surface area contributed by atoms with E-state index in [1.807, 2.05) is 0 Å². The van der Waals surface area contributed by atoms with Crippen molar-refractivity contribution < 1.29 is 14.7 Å². The molecule has 1 fully saturated rings. The van der Waals surface area contributed by atoms with Crippen LogP contribution in [-0.2, 0) is 4.79 Å². The number of carboxylic acid groups (broad SMARTS) is 1. The summed E-state index contributed by atoms with van der Waals surface area (Å²) in [5.74, 6) is 0.0322. The summed E-state index contributed by atoms with van der Waals surface area (Å²) < 4.78 is 0. The minimum Gasteiger partial charge on any atom is -0.480 e. The summed E-state index contributed by atoms with van der Waals surface area (Å²) in [5.41, 5.74) is 0.474. The Hall–Kier alpha value is -1.75. The zero-order chi connectivity index (χ0) is 15.4. The summed E-state index contributed by atoms with van der Waals surface area (Å²) in [6.45, 7) is 2.25. The maximum Gasteiger partial charge on any atom is 0.323 e. The molecule has 5 nitrogen and oxygen atoms in total. The molecule has 0 saturated heterocycles. The van der Waals surface area contributed by atoms with Crippen LogP contribution in [0.4, 0.5) is 10.5 Å². The summed E-state index contributed by atoms with van der Waals surface area (Å²) in [7, 11) is 0. The molecule has 0 bridgehead atoms.